The van der Waals surface area contributed by atoms with Crippen molar-refractivity contribution < 1.29 is 9.53 Å². The second-order valence-electron chi connectivity index (χ2n) is 13.9. The van der Waals surface area contributed by atoms with Crippen LogP contribution in [0.2, 0.25) is 0 Å². The van der Waals surface area contributed by atoms with E-state index in [4.69, 9.17) is 4.74 Å². The maximum atomic E-state index is 12.7. The quantitative estimate of drug-likeness (QED) is 0.0552. The number of aryl methyl sites for hydroxylation is 1. The third-order valence-electron chi connectivity index (χ3n) is 9.44. The molecule has 0 spiro atoms. The van der Waals surface area contributed by atoms with Gasteiger partial charge in [0.05, 0.1) is 6.33 Å². The zero-order chi connectivity index (χ0) is 32.5. The molecule has 0 aromatic carbocycles. The third kappa shape index (κ3) is 27.5. The SMILES string of the molecule is CCCCCCCCCN(CCCCCCCC(=O)OC(CCCCCCCC)CCCCCCCC)CCCn1ccnc1. The largest absolute Gasteiger partial charge is 0.462 e. The summed E-state index contributed by atoms with van der Waals surface area (Å²) in [4.78, 5) is 19.6. The molecular weight excluding hydrogens is 554 g/mol. The van der Waals surface area contributed by atoms with Crippen LogP contribution >= 0.6 is 0 Å². The van der Waals surface area contributed by atoms with E-state index in [1.54, 1.807) is 0 Å². The molecule has 0 N–H and O–H groups in total. The number of hydrogen-bond donors (Lipinski definition) is 0. The molecule has 264 valence electrons. The van der Waals surface area contributed by atoms with Crippen LogP contribution in [0.4, 0.5) is 0 Å². The summed E-state index contributed by atoms with van der Waals surface area (Å²) in [7, 11) is 0. The van der Waals surface area contributed by atoms with E-state index in [1.165, 1.54) is 167 Å². The normalized spacial score (nSPS) is 11.7. The Morgan fingerprint density at radius 2 is 1.04 bits per heavy atom. The molecule has 5 nitrogen and oxygen atoms in total. The summed E-state index contributed by atoms with van der Waals surface area (Å²) in [6.45, 7) is 11.5. The van der Waals surface area contributed by atoms with Gasteiger partial charge in [-0.2, -0.15) is 0 Å². The van der Waals surface area contributed by atoms with Crippen molar-refractivity contribution in [3.05, 3.63) is 18.7 Å². The summed E-state index contributed by atoms with van der Waals surface area (Å²) >= 11 is 0. The molecule has 0 saturated heterocycles. The Kier molecular flexibility index (Phi) is 30.2. The predicted molar refractivity (Wildman–Crippen MR) is 195 cm³/mol. The molecule has 5 heteroatoms. The van der Waals surface area contributed by atoms with Crippen molar-refractivity contribution >= 4 is 5.97 Å². The Balaban J connectivity index is 2.25. The summed E-state index contributed by atoms with van der Waals surface area (Å²) in [5, 5.41) is 0. The molecule has 0 amide bonds. The van der Waals surface area contributed by atoms with Gasteiger partial charge in [-0.3, -0.25) is 4.79 Å². The van der Waals surface area contributed by atoms with E-state index in [1.807, 2.05) is 12.5 Å². The van der Waals surface area contributed by atoms with Crippen LogP contribution in [0, 0.1) is 0 Å². The standard InChI is InChI=1S/C40H77N3O2/c1-4-7-10-13-16-21-26-33-42(35-28-36-43-37-32-41-38-43)34-27-22-17-20-25-31-40(44)45-39(29-23-18-14-11-8-5-2)30-24-19-15-12-9-6-3/h32,37-39H,4-31,33-36H2,1-3H3. The third-order valence-corrected chi connectivity index (χ3v) is 9.44. The highest BCUT2D eigenvalue weighted by atomic mass is 16.5. The molecule has 45 heavy (non-hydrogen) atoms. The van der Waals surface area contributed by atoms with Crippen LogP contribution < -0.4 is 0 Å². The van der Waals surface area contributed by atoms with Crippen LogP contribution in [0.1, 0.15) is 201 Å². The maximum Gasteiger partial charge on any atom is 0.306 e. The monoisotopic (exact) mass is 632 g/mol. The van der Waals surface area contributed by atoms with Gasteiger partial charge in [0.15, 0.2) is 0 Å². The van der Waals surface area contributed by atoms with E-state index in [0.29, 0.717) is 6.42 Å². The molecule has 0 saturated carbocycles. The fourth-order valence-electron chi connectivity index (χ4n) is 6.47. The van der Waals surface area contributed by atoms with Crippen LogP contribution in [0.25, 0.3) is 0 Å². The molecule has 0 unspecified atom stereocenters. The first kappa shape index (κ1) is 41.7. The maximum absolute atomic E-state index is 12.7. The fraction of sp³-hybridized carbons (Fsp3) is 0.900. The van der Waals surface area contributed by atoms with Crippen molar-refractivity contribution in [2.45, 2.75) is 213 Å². The van der Waals surface area contributed by atoms with Crippen molar-refractivity contribution in [2.75, 3.05) is 19.6 Å². The summed E-state index contributed by atoms with van der Waals surface area (Å²) in [5.41, 5.74) is 0. The average Bonchev–Trinajstić information content (AvgIpc) is 3.56. The predicted octanol–water partition coefficient (Wildman–Crippen LogP) is 12.1. The van der Waals surface area contributed by atoms with Gasteiger partial charge in [-0.25, -0.2) is 4.98 Å². The lowest BCUT2D eigenvalue weighted by Gasteiger charge is -2.22. The van der Waals surface area contributed by atoms with Crippen LogP contribution in [0.3, 0.4) is 0 Å². The van der Waals surface area contributed by atoms with E-state index >= 15 is 0 Å². The molecule has 0 aliphatic rings. The summed E-state index contributed by atoms with van der Waals surface area (Å²) in [6, 6.07) is 0. The van der Waals surface area contributed by atoms with E-state index in [-0.39, 0.29) is 12.1 Å². The summed E-state index contributed by atoms with van der Waals surface area (Å²) in [5.74, 6) is 0.0516. The molecule has 0 aliphatic heterocycles. The van der Waals surface area contributed by atoms with Gasteiger partial charge in [-0.1, -0.05) is 143 Å². The van der Waals surface area contributed by atoms with Gasteiger partial charge >= 0.3 is 5.97 Å². The van der Waals surface area contributed by atoms with Gasteiger partial charge in [-0.05, 0) is 71.0 Å². The van der Waals surface area contributed by atoms with Gasteiger partial charge in [-0.15, -0.1) is 0 Å². The van der Waals surface area contributed by atoms with Crippen LogP contribution in [-0.4, -0.2) is 46.2 Å². The Morgan fingerprint density at radius 1 is 0.600 bits per heavy atom. The number of unbranched alkanes of at least 4 members (excludes halogenated alkanes) is 20. The first-order chi connectivity index (χ1) is 22.2. The van der Waals surface area contributed by atoms with Gasteiger partial charge in [0.2, 0.25) is 0 Å². The highest BCUT2D eigenvalue weighted by molar-refractivity contribution is 5.69. The minimum absolute atomic E-state index is 0.0516. The van der Waals surface area contributed by atoms with E-state index in [2.05, 4.69) is 41.4 Å². The minimum atomic E-state index is 0.0516. The van der Waals surface area contributed by atoms with Gasteiger partial charge in [0.1, 0.15) is 6.10 Å². The van der Waals surface area contributed by atoms with Gasteiger partial charge < -0.3 is 14.2 Å². The number of imidazole rings is 1. The van der Waals surface area contributed by atoms with Crippen molar-refractivity contribution in [3.63, 3.8) is 0 Å². The highest BCUT2D eigenvalue weighted by Crippen LogP contribution is 2.18. The number of nitrogens with zero attached hydrogens (tertiary/aromatic N) is 3. The Labute approximate surface area is 281 Å². The zero-order valence-corrected chi connectivity index (χ0v) is 30.6. The minimum Gasteiger partial charge on any atom is -0.462 e. The van der Waals surface area contributed by atoms with Crippen LogP contribution in [0.5, 0.6) is 0 Å². The lowest BCUT2D eigenvalue weighted by atomic mass is 10.0. The van der Waals surface area contributed by atoms with E-state index in [9.17, 15) is 4.79 Å². The van der Waals surface area contributed by atoms with Crippen molar-refractivity contribution in [1.82, 2.24) is 14.5 Å². The summed E-state index contributed by atoms with van der Waals surface area (Å²) in [6.07, 6.45) is 41.1. The number of esters is 1. The average molecular weight is 632 g/mol. The second-order valence-corrected chi connectivity index (χ2v) is 13.9. The van der Waals surface area contributed by atoms with Crippen molar-refractivity contribution in [1.29, 1.82) is 0 Å². The molecule has 1 aromatic heterocycles. The smallest absolute Gasteiger partial charge is 0.306 e. The first-order valence-corrected chi connectivity index (χ1v) is 20.1. The second kappa shape index (κ2) is 32.6. The Bertz CT molecular complexity index is 707. The number of ether oxygens (including phenoxy) is 1. The number of carbonyl (C=O) groups is 1. The van der Waals surface area contributed by atoms with Crippen molar-refractivity contribution in [2.24, 2.45) is 0 Å². The van der Waals surface area contributed by atoms with Crippen LogP contribution in [-0.2, 0) is 16.1 Å². The van der Waals surface area contributed by atoms with E-state index < -0.39 is 0 Å². The van der Waals surface area contributed by atoms with Crippen LogP contribution in [0.15, 0.2) is 18.7 Å². The molecule has 1 heterocycles. The fourth-order valence-corrected chi connectivity index (χ4v) is 6.47. The lowest BCUT2D eigenvalue weighted by molar-refractivity contribution is -0.150. The number of aromatic nitrogens is 2. The molecule has 0 fully saturated rings. The van der Waals surface area contributed by atoms with Gasteiger partial charge in [0, 0.05) is 25.4 Å². The van der Waals surface area contributed by atoms with Crippen molar-refractivity contribution in [3.8, 4) is 0 Å². The first-order valence-electron chi connectivity index (χ1n) is 20.1. The number of hydrogen-bond acceptors (Lipinski definition) is 4. The molecule has 1 aromatic rings. The van der Waals surface area contributed by atoms with Gasteiger partial charge in [0.25, 0.3) is 0 Å². The molecule has 0 aliphatic carbocycles. The molecule has 0 atom stereocenters. The number of rotatable bonds is 35. The molecule has 0 radical (unpaired) electrons. The Morgan fingerprint density at radius 3 is 1.53 bits per heavy atom. The molecule has 1 rings (SSSR count). The summed E-state index contributed by atoms with van der Waals surface area (Å²) < 4.78 is 8.25. The number of carbonyl (C=O) groups excluding carboxylic acids is 1. The lowest BCUT2D eigenvalue weighted by Crippen LogP contribution is -2.28. The topological polar surface area (TPSA) is 47.4 Å². The zero-order valence-electron chi connectivity index (χ0n) is 30.6. The van der Waals surface area contributed by atoms with E-state index in [0.717, 1.165) is 32.2 Å². The highest BCUT2D eigenvalue weighted by Gasteiger charge is 2.14. The Hall–Kier alpha value is -1.36. The molecule has 0 bridgehead atoms. The molecular formula is C40H77N3O2.